The minimum atomic E-state index is -3.57. The van der Waals surface area contributed by atoms with Gasteiger partial charge in [-0.2, -0.15) is 0 Å². The Kier molecular flexibility index (Phi) is 7.06. The molecule has 2 aromatic carbocycles. The molecule has 0 heterocycles. The Morgan fingerprint density at radius 2 is 1.72 bits per heavy atom. The number of amides is 1. The van der Waals surface area contributed by atoms with Crippen LogP contribution >= 0.6 is 0 Å². The minimum absolute atomic E-state index is 0.0673. The van der Waals surface area contributed by atoms with Gasteiger partial charge in [-0.25, -0.2) is 12.8 Å². The molecular formula is C22H29FN2O3S. The molecule has 2 aromatic rings. The van der Waals surface area contributed by atoms with Gasteiger partial charge in [-0.05, 0) is 48.1 Å². The Labute approximate surface area is 172 Å². The molecule has 0 aliphatic carbocycles. The summed E-state index contributed by atoms with van der Waals surface area (Å²) in [5.74, 6) is -1.66. The highest BCUT2D eigenvalue weighted by Gasteiger charge is 2.18. The lowest BCUT2D eigenvalue weighted by molar-refractivity contribution is -0.122. The summed E-state index contributed by atoms with van der Waals surface area (Å²) in [6.45, 7) is 9.96. The van der Waals surface area contributed by atoms with E-state index in [1.165, 1.54) is 24.6 Å². The van der Waals surface area contributed by atoms with E-state index in [-0.39, 0.29) is 22.8 Å². The smallest absolute Gasteiger partial charge is 0.232 e. The Morgan fingerprint density at radius 3 is 2.24 bits per heavy atom. The lowest BCUT2D eigenvalue weighted by Gasteiger charge is -2.19. The zero-order chi connectivity index (χ0) is 21.8. The summed E-state index contributed by atoms with van der Waals surface area (Å²) in [5.41, 5.74) is 2.62. The molecule has 0 saturated heterocycles. The first kappa shape index (κ1) is 22.9. The fourth-order valence-electron chi connectivity index (χ4n) is 2.74. The Bertz CT molecular complexity index is 965. The Morgan fingerprint density at radius 1 is 1.10 bits per heavy atom. The van der Waals surface area contributed by atoms with Gasteiger partial charge in [0, 0.05) is 6.54 Å². The van der Waals surface area contributed by atoms with Crippen LogP contribution in [0.15, 0.2) is 42.5 Å². The molecule has 0 spiro atoms. The average Bonchev–Trinajstić information content (AvgIpc) is 2.66. The first-order chi connectivity index (χ1) is 13.4. The van der Waals surface area contributed by atoms with Crippen molar-refractivity contribution in [1.29, 1.82) is 0 Å². The molecular weight excluding hydrogens is 391 g/mol. The lowest BCUT2D eigenvalue weighted by Crippen LogP contribution is -2.27. The number of anilines is 1. The van der Waals surface area contributed by atoms with Crippen LogP contribution in [0.3, 0.4) is 0 Å². The van der Waals surface area contributed by atoms with E-state index in [0.717, 1.165) is 5.56 Å². The van der Waals surface area contributed by atoms with Gasteiger partial charge >= 0.3 is 0 Å². The summed E-state index contributed by atoms with van der Waals surface area (Å²) >= 11 is 0. The molecule has 0 unspecified atom stereocenters. The third-order valence-electron chi connectivity index (χ3n) is 4.82. The molecule has 2 N–H and O–H groups in total. The van der Waals surface area contributed by atoms with Gasteiger partial charge < -0.3 is 5.32 Å². The van der Waals surface area contributed by atoms with Gasteiger partial charge in [-0.15, -0.1) is 0 Å². The fraction of sp³-hybridized carbons (Fsp3) is 0.409. The second kappa shape index (κ2) is 8.95. The average molecular weight is 421 g/mol. The number of rotatable bonds is 7. The van der Waals surface area contributed by atoms with E-state index in [2.05, 4.69) is 42.9 Å². The molecule has 0 radical (unpaired) electrons. The second-order valence-electron chi connectivity index (χ2n) is 8.13. The number of carbonyl (C=O) groups is 1. The van der Waals surface area contributed by atoms with Crippen LogP contribution in [-0.2, 0) is 26.8 Å². The SMILES string of the molecule is CCS(=O)(=O)Nc1ccc([C@H](C)C(=O)NCc2ccc(C(C)(C)C)cc2)cc1F. The van der Waals surface area contributed by atoms with Gasteiger partial charge in [-0.3, -0.25) is 9.52 Å². The zero-order valence-corrected chi connectivity index (χ0v) is 18.4. The molecule has 158 valence electrons. The van der Waals surface area contributed by atoms with E-state index in [1.54, 1.807) is 13.0 Å². The maximum atomic E-state index is 14.3. The van der Waals surface area contributed by atoms with Crippen molar-refractivity contribution < 1.29 is 17.6 Å². The molecule has 7 heteroatoms. The van der Waals surface area contributed by atoms with Crippen molar-refractivity contribution >= 4 is 21.6 Å². The van der Waals surface area contributed by atoms with Crippen LogP contribution in [0, 0.1) is 5.82 Å². The number of halogens is 1. The summed E-state index contributed by atoms with van der Waals surface area (Å²) in [6, 6.07) is 12.2. The highest BCUT2D eigenvalue weighted by molar-refractivity contribution is 7.92. The zero-order valence-electron chi connectivity index (χ0n) is 17.5. The normalized spacial score (nSPS) is 13.0. The standard InChI is InChI=1S/C22H29FN2O3S/c1-6-29(27,28)25-20-12-9-17(13-19(20)23)15(2)21(26)24-14-16-7-10-18(11-8-16)22(3,4)5/h7-13,15,25H,6,14H2,1-5H3,(H,24,26)/t15-/m0/s1. The number of nitrogens with one attached hydrogen (secondary N) is 2. The summed E-state index contributed by atoms with van der Waals surface area (Å²) in [7, 11) is -3.57. The van der Waals surface area contributed by atoms with E-state index in [0.29, 0.717) is 12.1 Å². The number of carbonyl (C=O) groups excluding carboxylic acids is 1. The number of hydrogen-bond acceptors (Lipinski definition) is 3. The van der Waals surface area contributed by atoms with Crippen molar-refractivity contribution in [2.24, 2.45) is 0 Å². The van der Waals surface area contributed by atoms with Gasteiger partial charge in [0.15, 0.2) is 0 Å². The van der Waals surface area contributed by atoms with Crippen molar-refractivity contribution in [2.75, 3.05) is 10.5 Å². The van der Waals surface area contributed by atoms with Crippen LogP contribution in [0.1, 0.15) is 57.2 Å². The minimum Gasteiger partial charge on any atom is -0.352 e. The van der Waals surface area contributed by atoms with Crippen LogP contribution in [0.25, 0.3) is 0 Å². The van der Waals surface area contributed by atoms with Crippen molar-refractivity contribution in [3.05, 3.63) is 65.0 Å². The second-order valence-corrected chi connectivity index (χ2v) is 10.1. The Balaban J connectivity index is 2.02. The van der Waals surface area contributed by atoms with Crippen molar-refractivity contribution in [3.8, 4) is 0 Å². The third-order valence-corrected chi connectivity index (χ3v) is 6.11. The first-order valence-electron chi connectivity index (χ1n) is 9.60. The van der Waals surface area contributed by atoms with Crippen molar-refractivity contribution in [3.63, 3.8) is 0 Å². The summed E-state index contributed by atoms with van der Waals surface area (Å²) in [4.78, 5) is 12.5. The summed E-state index contributed by atoms with van der Waals surface area (Å²) < 4.78 is 39.7. The maximum absolute atomic E-state index is 14.3. The highest BCUT2D eigenvalue weighted by Crippen LogP contribution is 2.24. The van der Waals surface area contributed by atoms with Gasteiger partial charge in [-0.1, -0.05) is 51.1 Å². The van der Waals surface area contributed by atoms with E-state index in [4.69, 9.17) is 0 Å². The predicted octanol–water partition coefficient (Wildman–Crippen LogP) is 4.30. The van der Waals surface area contributed by atoms with Crippen LogP contribution in [0.2, 0.25) is 0 Å². The Hall–Kier alpha value is -2.41. The van der Waals surface area contributed by atoms with E-state index < -0.39 is 21.8 Å². The fourth-order valence-corrected chi connectivity index (χ4v) is 3.38. The monoisotopic (exact) mass is 420 g/mol. The van der Waals surface area contributed by atoms with Crippen molar-refractivity contribution in [2.45, 2.75) is 52.5 Å². The molecule has 0 bridgehead atoms. The molecule has 0 aliphatic heterocycles. The molecule has 0 fully saturated rings. The lowest BCUT2D eigenvalue weighted by atomic mass is 9.87. The van der Waals surface area contributed by atoms with Gasteiger partial charge in [0.05, 0.1) is 17.4 Å². The maximum Gasteiger partial charge on any atom is 0.232 e. The molecule has 29 heavy (non-hydrogen) atoms. The summed E-state index contributed by atoms with van der Waals surface area (Å²) in [5, 5.41) is 2.86. The summed E-state index contributed by atoms with van der Waals surface area (Å²) in [6.07, 6.45) is 0. The number of benzene rings is 2. The van der Waals surface area contributed by atoms with Gasteiger partial charge in [0.25, 0.3) is 0 Å². The highest BCUT2D eigenvalue weighted by atomic mass is 32.2. The molecule has 1 atom stereocenters. The van der Waals surface area contributed by atoms with Gasteiger partial charge in [0.2, 0.25) is 15.9 Å². The van der Waals surface area contributed by atoms with E-state index in [9.17, 15) is 17.6 Å². The van der Waals surface area contributed by atoms with Crippen LogP contribution in [0.5, 0.6) is 0 Å². The molecule has 1 amide bonds. The topological polar surface area (TPSA) is 75.3 Å². The van der Waals surface area contributed by atoms with Crippen LogP contribution in [-0.4, -0.2) is 20.1 Å². The number of hydrogen-bond donors (Lipinski definition) is 2. The van der Waals surface area contributed by atoms with Gasteiger partial charge in [0.1, 0.15) is 5.82 Å². The van der Waals surface area contributed by atoms with Crippen molar-refractivity contribution in [1.82, 2.24) is 5.32 Å². The third kappa shape index (κ3) is 6.29. The first-order valence-corrected chi connectivity index (χ1v) is 11.2. The molecule has 5 nitrogen and oxygen atoms in total. The largest absolute Gasteiger partial charge is 0.352 e. The molecule has 2 rings (SSSR count). The van der Waals surface area contributed by atoms with Crippen LogP contribution in [0.4, 0.5) is 10.1 Å². The molecule has 0 saturated carbocycles. The van der Waals surface area contributed by atoms with E-state index in [1.807, 2.05) is 12.1 Å². The quantitative estimate of drug-likeness (QED) is 0.701. The van der Waals surface area contributed by atoms with Crippen LogP contribution < -0.4 is 10.0 Å². The predicted molar refractivity (Wildman–Crippen MR) is 115 cm³/mol. The molecule has 0 aromatic heterocycles. The van der Waals surface area contributed by atoms with E-state index >= 15 is 0 Å². The number of sulfonamides is 1. The molecule has 0 aliphatic rings.